The van der Waals surface area contributed by atoms with Crippen molar-refractivity contribution in [1.29, 1.82) is 0 Å². The summed E-state index contributed by atoms with van der Waals surface area (Å²) in [5.74, 6) is 0.845. The minimum absolute atomic E-state index is 0.270. The lowest BCUT2D eigenvalue weighted by atomic mass is 10.0. The molecule has 0 saturated carbocycles. The molecule has 21 heavy (non-hydrogen) atoms. The van der Waals surface area contributed by atoms with E-state index in [-0.39, 0.29) is 5.75 Å². The molecule has 1 fully saturated rings. The van der Waals surface area contributed by atoms with E-state index in [1.165, 1.54) is 12.8 Å². The van der Waals surface area contributed by atoms with Crippen LogP contribution in [0.15, 0.2) is 18.2 Å². The van der Waals surface area contributed by atoms with Crippen LogP contribution in [0.2, 0.25) is 0 Å². The van der Waals surface area contributed by atoms with E-state index in [0.717, 1.165) is 18.7 Å². The van der Waals surface area contributed by atoms with Crippen molar-refractivity contribution in [3.8, 4) is 11.5 Å². The van der Waals surface area contributed by atoms with Crippen molar-refractivity contribution in [3.05, 3.63) is 23.8 Å². The molecule has 0 aliphatic carbocycles. The molecule has 1 heterocycles. The molecular weight excluding hydrogens is 264 g/mol. The molecule has 0 atom stereocenters. The molecule has 0 radical (unpaired) electrons. The maximum Gasteiger partial charge on any atom is 0.162 e. The second-order valence-electron chi connectivity index (χ2n) is 5.98. The lowest BCUT2D eigenvalue weighted by molar-refractivity contribution is 0.160. The van der Waals surface area contributed by atoms with Crippen LogP contribution in [-0.4, -0.2) is 41.8 Å². The van der Waals surface area contributed by atoms with Crippen LogP contribution < -0.4 is 10.1 Å². The van der Waals surface area contributed by atoms with Gasteiger partial charge in [-0.3, -0.25) is 0 Å². The predicted molar refractivity (Wildman–Crippen MR) is 85.8 cm³/mol. The summed E-state index contributed by atoms with van der Waals surface area (Å²) in [7, 11) is 0. The predicted octanol–water partition coefficient (Wildman–Crippen LogP) is 2.75. The van der Waals surface area contributed by atoms with E-state index in [1.54, 1.807) is 0 Å². The first-order valence-electron chi connectivity index (χ1n) is 8.03. The van der Waals surface area contributed by atoms with Gasteiger partial charge in [0.05, 0.1) is 6.61 Å². The second-order valence-corrected chi connectivity index (χ2v) is 5.98. The molecule has 1 aliphatic heterocycles. The van der Waals surface area contributed by atoms with Crippen LogP contribution in [0.5, 0.6) is 11.5 Å². The Balaban J connectivity index is 1.85. The number of hydrogen-bond acceptors (Lipinski definition) is 4. The van der Waals surface area contributed by atoms with Crippen LogP contribution in [-0.2, 0) is 6.54 Å². The molecule has 118 valence electrons. The first-order valence-corrected chi connectivity index (χ1v) is 8.03. The minimum atomic E-state index is 0.270. The number of para-hydroxylation sites is 1. The number of benzene rings is 1. The molecule has 2 rings (SSSR count). The van der Waals surface area contributed by atoms with Crippen molar-refractivity contribution in [2.75, 3.05) is 19.7 Å². The van der Waals surface area contributed by atoms with E-state index in [4.69, 9.17) is 4.74 Å². The Morgan fingerprint density at radius 2 is 2.05 bits per heavy atom. The maximum absolute atomic E-state index is 10.2. The summed E-state index contributed by atoms with van der Waals surface area (Å²) in [6, 6.07) is 6.87. The molecule has 2 N–H and O–H groups in total. The molecular formula is C17H28N2O2. The molecule has 0 bridgehead atoms. The highest BCUT2D eigenvalue weighted by atomic mass is 16.5. The number of likely N-dealkylation sites (tertiary alicyclic amines) is 1. The zero-order valence-electron chi connectivity index (χ0n) is 13.4. The van der Waals surface area contributed by atoms with Gasteiger partial charge in [0.15, 0.2) is 11.5 Å². The standard InChI is InChI=1S/C17H28N2O2/c1-4-21-16-7-5-6-14(17(16)20)12-18-15-8-10-19(11-9-15)13(2)3/h5-7,13,15,18,20H,4,8-12H2,1-3H3. The van der Waals surface area contributed by atoms with Crippen molar-refractivity contribution in [2.45, 2.75) is 52.2 Å². The van der Waals surface area contributed by atoms with Crippen LogP contribution >= 0.6 is 0 Å². The normalized spacial score (nSPS) is 17.3. The highest BCUT2D eigenvalue weighted by Gasteiger charge is 2.20. The van der Waals surface area contributed by atoms with Crippen LogP contribution in [0.3, 0.4) is 0 Å². The number of phenols is 1. The lowest BCUT2D eigenvalue weighted by Gasteiger charge is -2.35. The molecule has 4 nitrogen and oxygen atoms in total. The van der Waals surface area contributed by atoms with Gasteiger partial charge in [0.1, 0.15) is 0 Å². The number of piperidine rings is 1. The average Bonchev–Trinajstić information content (AvgIpc) is 2.49. The number of ether oxygens (including phenoxy) is 1. The number of nitrogens with one attached hydrogen (secondary N) is 1. The quantitative estimate of drug-likeness (QED) is 0.846. The van der Waals surface area contributed by atoms with Gasteiger partial charge in [0, 0.05) is 24.2 Å². The van der Waals surface area contributed by atoms with Gasteiger partial charge in [-0.05, 0) is 52.8 Å². The summed E-state index contributed by atoms with van der Waals surface area (Å²) in [4.78, 5) is 2.52. The van der Waals surface area contributed by atoms with Crippen molar-refractivity contribution >= 4 is 0 Å². The van der Waals surface area contributed by atoms with E-state index in [2.05, 4.69) is 24.1 Å². The summed E-state index contributed by atoms with van der Waals surface area (Å²) < 4.78 is 5.43. The van der Waals surface area contributed by atoms with E-state index in [9.17, 15) is 5.11 Å². The van der Waals surface area contributed by atoms with Crippen LogP contribution in [0.1, 0.15) is 39.2 Å². The Hall–Kier alpha value is -1.26. The van der Waals surface area contributed by atoms with Gasteiger partial charge < -0.3 is 20.1 Å². The van der Waals surface area contributed by atoms with Gasteiger partial charge in [0.25, 0.3) is 0 Å². The number of phenolic OH excluding ortho intramolecular Hbond substituents is 1. The summed E-state index contributed by atoms with van der Waals surface area (Å²) >= 11 is 0. The number of hydrogen-bond donors (Lipinski definition) is 2. The van der Waals surface area contributed by atoms with Gasteiger partial charge in [-0.15, -0.1) is 0 Å². The summed E-state index contributed by atoms with van der Waals surface area (Å²) in [6.45, 7) is 10.0. The molecule has 1 aromatic carbocycles. The topological polar surface area (TPSA) is 44.7 Å². The van der Waals surface area contributed by atoms with Gasteiger partial charge in [-0.25, -0.2) is 0 Å². The molecule has 0 spiro atoms. The van der Waals surface area contributed by atoms with Gasteiger partial charge in [-0.2, -0.15) is 0 Å². The largest absolute Gasteiger partial charge is 0.504 e. The zero-order valence-corrected chi connectivity index (χ0v) is 13.4. The Bertz CT molecular complexity index is 440. The maximum atomic E-state index is 10.2. The van der Waals surface area contributed by atoms with Gasteiger partial charge in [0.2, 0.25) is 0 Å². The minimum Gasteiger partial charge on any atom is -0.504 e. The first-order chi connectivity index (χ1) is 10.1. The summed E-state index contributed by atoms with van der Waals surface area (Å²) in [6.07, 6.45) is 2.34. The zero-order chi connectivity index (χ0) is 15.2. The van der Waals surface area contributed by atoms with E-state index >= 15 is 0 Å². The smallest absolute Gasteiger partial charge is 0.162 e. The lowest BCUT2D eigenvalue weighted by Crippen LogP contribution is -2.44. The first kappa shape index (κ1) is 16.1. The van der Waals surface area contributed by atoms with Crippen LogP contribution in [0.4, 0.5) is 0 Å². The molecule has 1 aromatic rings. The fourth-order valence-corrected chi connectivity index (χ4v) is 2.86. The van der Waals surface area contributed by atoms with Gasteiger partial charge >= 0.3 is 0 Å². The van der Waals surface area contributed by atoms with Crippen molar-refractivity contribution in [2.24, 2.45) is 0 Å². The van der Waals surface area contributed by atoms with Crippen molar-refractivity contribution in [1.82, 2.24) is 10.2 Å². The SMILES string of the molecule is CCOc1cccc(CNC2CCN(C(C)C)CC2)c1O. The average molecular weight is 292 g/mol. The fraction of sp³-hybridized carbons (Fsp3) is 0.647. The monoisotopic (exact) mass is 292 g/mol. The number of nitrogens with zero attached hydrogens (tertiary/aromatic N) is 1. The highest BCUT2D eigenvalue weighted by molar-refractivity contribution is 5.45. The van der Waals surface area contributed by atoms with Gasteiger partial charge in [-0.1, -0.05) is 12.1 Å². The molecule has 0 aromatic heterocycles. The van der Waals surface area contributed by atoms with E-state index < -0.39 is 0 Å². The molecule has 1 saturated heterocycles. The Kier molecular flexibility index (Phi) is 5.88. The molecule has 1 aliphatic rings. The molecule has 0 amide bonds. The van der Waals surface area contributed by atoms with Crippen molar-refractivity contribution < 1.29 is 9.84 Å². The molecule has 4 heteroatoms. The third-order valence-corrected chi connectivity index (χ3v) is 4.22. The Morgan fingerprint density at radius 3 is 2.67 bits per heavy atom. The Morgan fingerprint density at radius 1 is 1.33 bits per heavy atom. The Labute approximate surface area is 128 Å². The molecule has 0 unspecified atom stereocenters. The second kappa shape index (κ2) is 7.66. The van der Waals surface area contributed by atoms with E-state index in [1.807, 2.05) is 25.1 Å². The fourth-order valence-electron chi connectivity index (χ4n) is 2.86. The summed E-state index contributed by atoms with van der Waals surface area (Å²) in [5, 5.41) is 13.8. The van der Waals surface area contributed by atoms with E-state index in [0.29, 0.717) is 31.0 Å². The summed E-state index contributed by atoms with van der Waals surface area (Å²) in [5.41, 5.74) is 0.909. The number of aromatic hydroxyl groups is 1. The highest BCUT2D eigenvalue weighted by Crippen LogP contribution is 2.29. The number of rotatable bonds is 6. The third-order valence-electron chi connectivity index (χ3n) is 4.22. The van der Waals surface area contributed by atoms with Crippen molar-refractivity contribution in [3.63, 3.8) is 0 Å². The van der Waals surface area contributed by atoms with Crippen LogP contribution in [0.25, 0.3) is 0 Å². The third kappa shape index (κ3) is 4.35. The van der Waals surface area contributed by atoms with Crippen LogP contribution in [0, 0.1) is 0 Å².